The Morgan fingerprint density at radius 3 is 2.95 bits per heavy atom. The smallest absolute Gasteiger partial charge is 0.0992 e. The lowest BCUT2D eigenvalue weighted by Gasteiger charge is -2.41. The van der Waals surface area contributed by atoms with E-state index in [1.54, 1.807) is 0 Å². The number of benzene rings is 1. The highest BCUT2D eigenvalue weighted by Gasteiger charge is 2.52. The van der Waals surface area contributed by atoms with Gasteiger partial charge in [-0.05, 0) is 48.8 Å². The Morgan fingerprint density at radius 2 is 2.23 bits per heavy atom. The fourth-order valence-corrected chi connectivity index (χ4v) is 3.77. The second-order valence-electron chi connectivity index (χ2n) is 7.57. The van der Waals surface area contributed by atoms with Gasteiger partial charge in [0.15, 0.2) is 0 Å². The van der Waals surface area contributed by atoms with E-state index in [0.29, 0.717) is 16.9 Å². The van der Waals surface area contributed by atoms with Crippen LogP contribution >= 0.6 is 0 Å². The van der Waals surface area contributed by atoms with Gasteiger partial charge in [0.05, 0.1) is 41.2 Å². The minimum atomic E-state index is 0.175. The molecule has 4 nitrogen and oxygen atoms in total. The SMILES string of the molecule is CC1(C)CC[C@@]2(CO2)C[C@H]1Cn1cnc2ccc(C#N)cc21. The molecule has 114 valence electrons. The number of imidazole rings is 1. The zero-order valence-electron chi connectivity index (χ0n) is 13.2. The van der Waals surface area contributed by atoms with E-state index in [2.05, 4.69) is 29.5 Å². The summed E-state index contributed by atoms with van der Waals surface area (Å²) in [6, 6.07) is 7.93. The third-order valence-corrected chi connectivity index (χ3v) is 5.67. The molecular weight excluding hydrogens is 274 g/mol. The number of rotatable bonds is 2. The maximum absolute atomic E-state index is 9.11. The standard InChI is InChI=1S/C18H21N3O/c1-17(2)5-6-18(11-22-18)8-14(17)10-21-12-20-15-4-3-13(9-19)7-16(15)21/h3-4,7,12,14H,5-6,8,10-11H2,1-2H3/t14-,18-/m0/s1. The Hall–Kier alpha value is -1.86. The summed E-state index contributed by atoms with van der Waals surface area (Å²) >= 11 is 0. The first kappa shape index (κ1) is 13.8. The number of nitriles is 1. The molecule has 4 heteroatoms. The molecule has 2 aromatic rings. The van der Waals surface area contributed by atoms with Crippen LogP contribution in [0.4, 0.5) is 0 Å². The van der Waals surface area contributed by atoms with Crippen LogP contribution in [0.2, 0.25) is 0 Å². The van der Waals surface area contributed by atoms with E-state index in [0.717, 1.165) is 30.6 Å². The number of hydrogen-bond donors (Lipinski definition) is 0. The van der Waals surface area contributed by atoms with E-state index in [4.69, 9.17) is 10.00 Å². The fraction of sp³-hybridized carbons (Fsp3) is 0.556. The van der Waals surface area contributed by atoms with Gasteiger partial charge < -0.3 is 9.30 Å². The summed E-state index contributed by atoms with van der Waals surface area (Å²) in [5.41, 5.74) is 3.21. The van der Waals surface area contributed by atoms with E-state index in [1.165, 1.54) is 12.8 Å². The molecule has 1 saturated heterocycles. The van der Waals surface area contributed by atoms with Crippen LogP contribution in [0.25, 0.3) is 11.0 Å². The summed E-state index contributed by atoms with van der Waals surface area (Å²) in [5.74, 6) is 0.576. The Labute approximate surface area is 130 Å². The predicted octanol–water partition coefficient (Wildman–Crippen LogP) is 3.50. The molecule has 1 spiro atoms. The number of hydrogen-bond acceptors (Lipinski definition) is 3. The molecule has 2 heterocycles. The largest absolute Gasteiger partial charge is 0.370 e. The highest BCUT2D eigenvalue weighted by atomic mass is 16.6. The quantitative estimate of drug-likeness (QED) is 0.797. The first-order valence-electron chi connectivity index (χ1n) is 8.00. The average Bonchev–Trinajstić information content (AvgIpc) is 3.16. The minimum absolute atomic E-state index is 0.175. The first-order valence-corrected chi connectivity index (χ1v) is 8.00. The van der Waals surface area contributed by atoms with Gasteiger partial charge in [0.1, 0.15) is 0 Å². The highest BCUT2D eigenvalue weighted by molar-refractivity contribution is 5.76. The molecule has 1 saturated carbocycles. The van der Waals surface area contributed by atoms with E-state index < -0.39 is 0 Å². The molecule has 22 heavy (non-hydrogen) atoms. The molecule has 0 radical (unpaired) electrons. The second kappa shape index (κ2) is 4.57. The molecule has 0 N–H and O–H groups in total. The lowest BCUT2D eigenvalue weighted by atomic mass is 9.65. The Bertz CT molecular complexity index is 764. The van der Waals surface area contributed by atoms with Crippen LogP contribution in [0.3, 0.4) is 0 Å². The van der Waals surface area contributed by atoms with Crippen LogP contribution in [-0.2, 0) is 11.3 Å². The van der Waals surface area contributed by atoms with Gasteiger partial charge in [0.25, 0.3) is 0 Å². The van der Waals surface area contributed by atoms with Crippen molar-refractivity contribution >= 4 is 11.0 Å². The molecule has 0 unspecified atom stereocenters. The number of ether oxygens (including phenoxy) is 1. The van der Waals surface area contributed by atoms with Crippen molar-refractivity contribution in [2.45, 2.75) is 45.3 Å². The summed E-state index contributed by atoms with van der Waals surface area (Å²) in [7, 11) is 0. The number of epoxide rings is 1. The summed E-state index contributed by atoms with van der Waals surface area (Å²) in [4.78, 5) is 4.48. The van der Waals surface area contributed by atoms with Crippen molar-refractivity contribution in [3.63, 3.8) is 0 Å². The van der Waals surface area contributed by atoms with Crippen LogP contribution in [-0.4, -0.2) is 21.8 Å². The number of nitrogens with zero attached hydrogens (tertiary/aromatic N) is 3. The highest BCUT2D eigenvalue weighted by Crippen LogP contribution is 2.52. The molecule has 0 bridgehead atoms. The topological polar surface area (TPSA) is 54.1 Å². The molecule has 2 aliphatic rings. The van der Waals surface area contributed by atoms with Crippen molar-refractivity contribution in [2.24, 2.45) is 11.3 Å². The van der Waals surface area contributed by atoms with Gasteiger partial charge in [-0.15, -0.1) is 0 Å². The van der Waals surface area contributed by atoms with Gasteiger partial charge >= 0.3 is 0 Å². The third kappa shape index (κ3) is 2.21. The Kier molecular flexibility index (Phi) is 2.86. The minimum Gasteiger partial charge on any atom is -0.370 e. The van der Waals surface area contributed by atoms with Gasteiger partial charge in [0, 0.05) is 6.54 Å². The molecule has 0 amide bonds. The summed E-state index contributed by atoms with van der Waals surface area (Å²) in [5, 5.41) is 9.11. The fourth-order valence-electron chi connectivity index (χ4n) is 3.77. The molecule has 2 atom stereocenters. The first-order chi connectivity index (χ1) is 10.5. The van der Waals surface area contributed by atoms with Crippen molar-refractivity contribution < 1.29 is 4.74 Å². The van der Waals surface area contributed by atoms with Crippen LogP contribution in [0.1, 0.15) is 38.7 Å². The van der Waals surface area contributed by atoms with Gasteiger partial charge in [-0.3, -0.25) is 0 Å². The maximum atomic E-state index is 9.11. The van der Waals surface area contributed by atoms with Crippen LogP contribution < -0.4 is 0 Å². The van der Waals surface area contributed by atoms with Crippen molar-refractivity contribution in [3.05, 3.63) is 30.1 Å². The van der Waals surface area contributed by atoms with Gasteiger partial charge in [-0.1, -0.05) is 13.8 Å². The molecule has 2 fully saturated rings. The number of fused-ring (bicyclic) bond motifs is 1. The average molecular weight is 295 g/mol. The van der Waals surface area contributed by atoms with Gasteiger partial charge in [0.2, 0.25) is 0 Å². The van der Waals surface area contributed by atoms with Crippen LogP contribution in [0, 0.1) is 22.7 Å². The second-order valence-corrected chi connectivity index (χ2v) is 7.57. The molecule has 1 aromatic carbocycles. The Morgan fingerprint density at radius 1 is 1.41 bits per heavy atom. The molecule has 1 aromatic heterocycles. The van der Waals surface area contributed by atoms with Crippen molar-refractivity contribution in [1.29, 1.82) is 5.26 Å². The molecule has 4 rings (SSSR count). The Balaban J connectivity index is 1.66. The van der Waals surface area contributed by atoms with E-state index >= 15 is 0 Å². The lowest BCUT2D eigenvalue weighted by Crippen LogP contribution is -2.38. The molecule has 1 aliphatic heterocycles. The van der Waals surface area contributed by atoms with Crippen LogP contribution in [0.15, 0.2) is 24.5 Å². The van der Waals surface area contributed by atoms with E-state index in [9.17, 15) is 0 Å². The summed E-state index contributed by atoms with van der Waals surface area (Å²) < 4.78 is 7.95. The molecular formula is C18H21N3O. The lowest BCUT2D eigenvalue weighted by molar-refractivity contribution is 0.0631. The van der Waals surface area contributed by atoms with Crippen LogP contribution in [0.5, 0.6) is 0 Å². The van der Waals surface area contributed by atoms with Crippen molar-refractivity contribution in [3.8, 4) is 6.07 Å². The van der Waals surface area contributed by atoms with Gasteiger partial charge in [-0.25, -0.2) is 4.98 Å². The predicted molar refractivity (Wildman–Crippen MR) is 84.3 cm³/mol. The monoisotopic (exact) mass is 295 g/mol. The summed E-state index contributed by atoms with van der Waals surface area (Å²) in [6.45, 7) is 6.62. The van der Waals surface area contributed by atoms with Crippen molar-refractivity contribution in [2.75, 3.05) is 6.61 Å². The van der Waals surface area contributed by atoms with E-state index in [1.807, 2.05) is 24.5 Å². The van der Waals surface area contributed by atoms with Crippen molar-refractivity contribution in [1.82, 2.24) is 9.55 Å². The summed E-state index contributed by atoms with van der Waals surface area (Å²) in [6.07, 6.45) is 5.46. The van der Waals surface area contributed by atoms with Gasteiger partial charge in [-0.2, -0.15) is 5.26 Å². The third-order valence-electron chi connectivity index (χ3n) is 5.67. The molecule has 1 aliphatic carbocycles. The zero-order chi connectivity index (χ0) is 15.4. The number of aromatic nitrogens is 2. The zero-order valence-corrected chi connectivity index (χ0v) is 13.2. The van der Waals surface area contributed by atoms with E-state index in [-0.39, 0.29) is 5.60 Å². The normalized spacial score (nSPS) is 29.6. The maximum Gasteiger partial charge on any atom is 0.0992 e.